The van der Waals surface area contributed by atoms with Crippen LogP contribution >= 0.6 is 0 Å². The standard InChI is InChI=1S/C19H19N3O/c20-18(23)12-7-13-22-14-17(15-8-3-1-4-9-15)21-19(22)16-10-5-2-6-11-16/h1-6,8-11,14H,7,12-13H2,(H2,20,23). The molecule has 0 spiro atoms. The molecule has 4 nitrogen and oxygen atoms in total. The number of hydrogen-bond donors (Lipinski definition) is 1. The average molecular weight is 305 g/mol. The first-order valence-corrected chi connectivity index (χ1v) is 7.70. The minimum atomic E-state index is -0.269. The topological polar surface area (TPSA) is 60.9 Å². The minimum absolute atomic E-state index is 0.269. The van der Waals surface area contributed by atoms with Crippen molar-refractivity contribution in [2.45, 2.75) is 19.4 Å². The Hall–Kier alpha value is -2.88. The van der Waals surface area contributed by atoms with Crippen LogP contribution in [0.1, 0.15) is 12.8 Å². The van der Waals surface area contributed by atoms with Gasteiger partial charge in [-0.25, -0.2) is 4.98 Å². The van der Waals surface area contributed by atoms with Crippen molar-refractivity contribution in [3.63, 3.8) is 0 Å². The van der Waals surface area contributed by atoms with Gasteiger partial charge in [0.25, 0.3) is 0 Å². The van der Waals surface area contributed by atoms with Crippen LogP contribution in [-0.4, -0.2) is 15.5 Å². The highest BCUT2D eigenvalue weighted by Crippen LogP contribution is 2.25. The summed E-state index contributed by atoms with van der Waals surface area (Å²) in [4.78, 5) is 15.8. The summed E-state index contributed by atoms with van der Waals surface area (Å²) in [5, 5.41) is 0. The first-order chi connectivity index (χ1) is 11.2. The maximum Gasteiger partial charge on any atom is 0.217 e. The number of hydrogen-bond acceptors (Lipinski definition) is 2. The molecule has 0 saturated carbocycles. The Balaban J connectivity index is 1.95. The number of primary amides is 1. The van der Waals surface area contributed by atoms with E-state index in [0.29, 0.717) is 19.4 Å². The van der Waals surface area contributed by atoms with Gasteiger partial charge in [-0.3, -0.25) is 4.79 Å². The maximum absolute atomic E-state index is 11.0. The molecular weight excluding hydrogens is 286 g/mol. The fourth-order valence-electron chi connectivity index (χ4n) is 2.58. The number of nitrogens with zero attached hydrogens (tertiary/aromatic N) is 2. The molecule has 1 aromatic heterocycles. The van der Waals surface area contributed by atoms with E-state index >= 15 is 0 Å². The van der Waals surface area contributed by atoms with Gasteiger partial charge in [0.2, 0.25) is 5.91 Å². The molecule has 0 aliphatic carbocycles. The van der Waals surface area contributed by atoms with Crippen molar-refractivity contribution in [2.75, 3.05) is 0 Å². The molecule has 0 saturated heterocycles. The van der Waals surface area contributed by atoms with Gasteiger partial charge in [-0.15, -0.1) is 0 Å². The smallest absolute Gasteiger partial charge is 0.217 e. The summed E-state index contributed by atoms with van der Waals surface area (Å²) in [6.45, 7) is 0.715. The number of rotatable bonds is 6. The fourth-order valence-corrected chi connectivity index (χ4v) is 2.58. The van der Waals surface area contributed by atoms with E-state index in [2.05, 4.69) is 4.57 Å². The predicted molar refractivity (Wildman–Crippen MR) is 91.5 cm³/mol. The monoisotopic (exact) mass is 305 g/mol. The molecule has 116 valence electrons. The van der Waals surface area contributed by atoms with Gasteiger partial charge in [-0.05, 0) is 6.42 Å². The third kappa shape index (κ3) is 3.66. The second kappa shape index (κ2) is 6.92. The molecule has 0 bridgehead atoms. The molecule has 0 radical (unpaired) electrons. The van der Waals surface area contributed by atoms with Crippen LogP contribution < -0.4 is 5.73 Å². The lowest BCUT2D eigenvalue weighted by Gasteiger charge is -2.06. The van der Waals surface area contributed by atoms with Crippen molar-refractivity contribution in [3.8, 4) is 22.6 Å². The molecule has 0 aliphatic heterocycles. The van der Waals surface area contributed by atoms with Crippen LogP contribution in [0.2, 0.25) is 0 Å². The van der Waals surface area contributed by atoms with E-state index in [1.165, 1.54) is 0 Å². The Morgan fingerprint density at radius 3 is 2.17 bits per heavy atom. The number of benzene rings is 2. The van der Waals surface area contributed by atoms with Gasteiger partial charge >= 0.3 is 0 Å². The highest BCUT2D eigenvalue weighted by atomic mass is 16.1. The Kier molecular flexibility index (Phi) is 4.52. The molecule has 2 aromatic carbocycles. The van der Waals surface area contributed by atoms with Crippen molar-refractivity contribution in [1.82, 2.24) is 9.55 Å². The largest absolute Gasteiger partial charge is 0.370 e. The molecular formula is C19H19N3O. The van der Waals surface area contributed by atoms with Crippen molar-refractivity contribution in [1.29, 1.82) is 0 Å². The third-order valence-corrected chi connectivity index (χ3v) is 3.70. The van der Waals surface area contributed by atoms with Gasteiger partial charge in [-0.1, -0.05) is 60.7 Å². The van der Waals surface area contributed by atoms with Crippen molar-refractivity contribution >= 4 is 5.91 Å². The van der Waals surface area contributed by atoms with Crippen molar-refractivity contribution < 1.29 is 4.79 Å². The maximum atomic E-state index is 11.0. The number of nitrogens with two attached hydrogens (primary N) is 1. The number of imidazole rings is 1. The molecule has 0 aliphatic rings. The summed E-state index contributed by atoms with van der Waals surface area (Å²) in [7, 11) is 0. The number of carbonyl (C=O) groups excluding carboxylic acids is 1. The highest BCUT2D eigenvalue weighted by Gasteiger charge is 2.11. The van der Waals surface area contributed by atoms with E-state index < -0.39 is 0 Å². The zero-order chi connectivity index (χ0) is 16.1. The summed E-state index contributed by atoms with van der Waals surface area (Å²) in [6, 6.07) is 20.2. The number of carbonyl (C=O) groups is 1. The van der Waals surface area contributed by atoms with Crippen molar-refractivity contribution in [2.24, 2.45) is 5.73 Å². The van der Waals surface area contributed by atoms with Crippen LogP contribution in [0.4, 0.5) is 0 Å². The van der Waals surface area contributed by atoms with Crippen LogP contribution in [-0.2, 0) is 11.3 Å². The third-order valence-electron chi connectivity index (χ3n) is 3.70. The summed E-state index contributed by atoms with van der Waals surface area (Å²) in [5.41, 5.74) is 8.32. The van der Waals surface area contributed by atoms with Crippen LogP contribution in [0, 0.1) is 0 Å². The van der Waals surface area contributed by atoms with E-state index in [-0.39, 0.29) is 5.91 Å². The Morgan fingerprint density at radius 2 is 1.57 bits per heavy atom. The van der Waals surface area contributed by atoms with Crippen LogP contribution in [0.5, 0.6) is 0 Å². The highest BCUT2D eigenvalue weighted by molar-refractivity contribution is 5.73. The number of aryl methyl sites for hydroxylation is 1. The molecule has 1 heterocycles. The van der Waals surface area contributed by atoms with Crippen LogP contribution in [0.3, 0.4) is 0 Å². The molecule has 2 N–H and O–H groups in total. The predicted octanol–water partition coefficient (Wildman–Crippen LogP) is 3.48. The van der Waals surface area contributed by atoms with E-state index in [4.69, 9.17) is 10.7 Å². The van der Waals surface area contributed by atoms with Gasteiger partial charge in [0.15, 0.2) is 0 Å². The Morgan fingerprint density at radius 1 is 0.957 bits per heavy atom. The summed E-state index contributed by atoms with van der Waals surface area (Å²) in [6.07, 6.45) is 3.13. The lowest BCUT2D eigenvalue weighted by Crippen LogP contribution is -2.11. The molecule has 4 heteroatoms. The lowest BCUT2D eigenvalue weighted by atomic mass is 10.2. The fraction of sp³-hybridized carbons (Fsp3) is 0.158. The molecule has 0 unspecified atom stereocenters. The van der Waals surface area contributed by atoms with E-state index in [9.17, 15) is 4.79 Å². The molecule has 0 fully saturated rings. The molecule has 23 heavy (non-hydrogen) atoms. The minimum Gasteiger partial charge on any atom is -0.370 e. The molecule has 3 aromatic rings. The Bertz CT molecular complexity index is 779. The summed E-state index contributed by atoms with van der Waals surface area (Å²) >= 11 is 0. The zero-order valence-electron chi connectivity index (χ0n) is 12.9. The second-order valence-electron chi connectivity index (χ2n) is 5.45. The van der Waals surface area contributed by atoms with Gasteiger partial charge in [0.1, 0.15) is 5.82 Å². The quantitative estimate of drug-likeness (QED) is 0.758. The lowest BCUT2D eigenvalue weighted by molar-refractivity contribution is -0.118. The van der Waals surface area contributed by atoms with Gasteiger partial charge < -0.3 is 10.3 Å². The number of amides is 1. The first kappa shape index (κ1) is 15.0. The summed E-state index contributed by atoms with van der Waals surface area (Å²) in [5.74, 6) is 0.642. The van der Waals surface area contributed by atoms with E-state index in [1.807, 2.05) is 66.9 Å². The van der Waals surface area contributed by atoms with Gasteiger partial charge in [0.05, 0.1) is 5.69 Å². The van der Waals surface area contributed by atoms with Gasteiger partial charge in [0, 0.05) is 30.3 Å². The molecule has 3 rings (SSSR count). The van der Waals surface area contributed by atoms with Crippen molar-refractivity contribution in [3.05, 3.63) is 66.9 Å². The average Bonchev–Trinajstić information content (AvgIpc) is 3.00. The first-order valence-electron chi connectivity index (χ1n) is 7.70. The van der Waals surface area contributed by atoms with Crippen LogP contribution in [0.15, 0.2) is 66.9 Å². The summed E-state index contributed by atoms with van der Waals surface area (Å²) < 4.78 is 2.10. The number of aromatic nitrogens is 2. The SMILES string of the molecule is NC(=O)CCCn1cc(-c2ccccc2)nc1-c1ccccc1. The zero-order valence-corrected chi connectivity index (χ0v) is 12.9. The second-order valence-corrected chi connectivity index (χ2v) is 5.45. The van der Waals surface area contributed by atoms with E-state index in [0.717, 1.165) is 22.6 Å². The molecule has 0 atom stereocenters. The van der Waals surface area contributed by atoms with Gasteiger partial charge in [-0.2, -0.15) is 0 Å². The van der Waals surface area contributed by atoms with Crippen LogP contribution in [0.25, 0.3) is 22.6 Å². The van der Waals surface area contributed by atoms with E-state index in [1.54, 1.807) is 0 Å². The Labute approximate surface area is 135 Å². The molecule has 1 amide bonds. The normalized spacial score (nSPS) is 10.6.